The number of nitrogens with zero attached hydrogens (tertiary/aromatic N) is 2. The van der Waals surface area contributed by atoms with Crippen molar-refractivity contribution in [3.05, 3.63) is 35.4 Å². The van der Waals surface area contributed by atoms with Gasteiger partial charge in [-0.05, 0) is 39.3 Å². The van der Waals surface area contributed by atoms with Gasteiger partial charge in [-0.1, -0.05) is 18.2 Å². The SMILES string of the molecule is Cc1cccc2cc(CNC(=O)OC(C)(C)C)c(N3CCNC(=O)C3)nc12. The van der Waals surface area contributed by atoms with Crippen LogP contribution in [-0.4, -0.2) is 42.2 Å². The molecule has 2 aromatic rings. The molecular formula is C20H26N4O3. The summed E-state index contributed by atoms with van der Waals surface area (Å²) >= 11 is 0. The molecule has 1 aliphatic heterocycles. The van der Waals surface area contributed by atoms with E-state index in [-0.39, 0.29) is 19.0 Å². The zero-order valence-corrected chi connectivity index (χ0v) is 16.3. The first-order valence-electron chi connectivity index (χ1n) is 9.11. The van der Waals surface area contributed by atoms with Crippen LogP contribution in [0.3, 0.4) is 0 Å². The van der Waals surface area contributed by atoms with Gasteiger partial charge < -0.3 is 20.3 Å². The number of pyridine rings is 1. The maximum absolute atomic E-state index is 12.1. The van der Waals surface area contributed by atoms with Gasteiger partial charge in [-0.15, -0.1) is 0 Å². The van der Waals surface area contributed by atoms with E-state index in [1.54, 1.807) is 0 Å². The standard InChI is InChI=1S/C20H26N4O3/c1-13-6-5-7-14-10-15(11-22-19(26)27-20(2,3)4)18(23-17(13)14)24-9-8-21-16(25)12-24/h5-7,10H,8-9,11-12H2,1-4H3,(H,21,25)(H,22,26). The zero-order chi connectivity index (χ0) is 19.6. The van der Waals surface area contributed by atoms with Gasteiger partial charge in [0, 0.05) is 30.6 Å². The Kier molecular flexibility index (Phi) is 5.21. The van der Waals surface area contributed by atoms with Crippen molar-refractivity contribution in [2.75, 3.05) is 24.5 Å². The molecule has 0 aliphatic carbocycles. The van der Waals surface area contributed by atoms with Gasteiger partial charge in [0.2, 0.25) is 5.91 Å². The molecule has 1 saturated heterocycles. The van der Waals surface area contributed by atoms with E-state index in [4.69, 9.17) is 9.72 Å². The average Bonchev–Trinajstić information content (AvgIpc) is 2.58. The second-order valence-corrected chi connectivity index (χ2v) is 7.74. The van der Waals surface area contributed by atoms with Gasteiger partial charge in [-0.3, -0.25) is 4.79 Å². The number of anilines is 1. The number of hydrogen-bond donors (Lipinski definition) is 2. The number of fused-ring (bicyclic) bond motifs is 1. The molecule has 1 fully saturated rings. The Bertz CT molecular complexity index is 873. The van der Waals surface area contributed by atoms with Crippen molar-refractivity contribution < 1.29 is 14.3 Å². The number of carbonyl (C=O) groups excluding carboxylic acids is 2. The minimum Gasteiger partial charge on any atom is -0.444 e. The molecule has 1 aliphatic rings. The van der Waals surface area contributed by atoms with Crippen LogP contribution in [0.15, 0.2) is 24.3 Å². The van der Waals surface area contributed by atoms with Gasteiger partial charge in [0.25, 0.3) is 0 Å². The number of nitrogens with one attached hydrogen (secondary N) is 2. The highest BCUT2D eigenvalue weighted by molar-refractivity contribution is 5.87. The van der Waals surface area contributed by atoms with Crippen LogP contribution < -0.4 is 15.5 Å². The van der Waals surface area contributed by atoms with E-state index in [0.717, 1.165) is 27.8 Å². The molecule has 1 aromatic heterocycles. The molecule has 27 heavy (non-hydrogen) atoms. The zero-order valence-electron chi connectivity index (χ0n) is 16.3. The molecule has 0 unspecified atom stereocenters. The largest absolute Gasteiger partial charge is 0.444 e. The molecule has 0 saturated carbocycles. The number of para-hydroxylation sites is 1. The summed E-state index contributed by atoms with van der Waals surface area (Å²) in [5.41, 5.74) is 2.27. The Morgan fingerprint density at radius 1 is 1.37 bits per heavy atom. The summed E-state index contributed by atoms with van der Waals surface area (Å²) in [4.78, 5) is 30.7. The second kappa shape index (κ2) is 7.42. The quantitative estimate of drug-likeness (QED) is 0.867. The summed E-state index contributed by atoms with van der Waals surface area (Å²) in [5, 5.41) is 6.63. The predicted octanol–water partition coefficient (Wildman–Crippen LogP) is 2.50. The third-order valence-corrected chi connectivity index (χ3v) is 4.26. The fraction of sp³-hybridized carbons (Fsp3) is 0.450. The van der Waals surface area contributed by atoms with Gasteiger partial charge >= 0.3 is 6.09 Å². The van der Waals surface area contributed by atoms with E-state index in [1.807, 2.05) is 56.9 Å². The third-order valence-electron chi connectivity index (χ3n) is 4.26. The van der Waals surface area contributed by atoms with Gasteiger partial charge in [-0.2, -0.15) is 0 Å². The molecule has 0 radical (unpaired) electrons. The van der Waals surface area contributed by atoms with Crippen LogP contribution in [0.25, 0.3) is 10.9 Å². The molecule has 0 bridgehead atoms. The molecule has 2 amide bonds. The van der Waals surface area contributed by atoms with Crippen LogP contribution in [0.2, 0.25) is 0 Å². The topological polar surface area (TPSA) is 83.6 Å². The Hall–Kier alpha value is -2.83. The van der Waals surface area contributed by atoms with Gasteiger partial charge in [0.05, 0.1) is 12.1 Å². The number of amides is 2. The Morgan fingerprint density at radius 3 is 2.85 bits per heavy atom. The van der Waals surface area contributed by atoms with Crippen molar-refractivity contribution in [3.63, 3.8) is 0 Å². The van der Waals surface area contributed by atoms with E-state index in [9.17, 15) is 9.59 Å². The minimum absolute atomic E-state index is 0.0287. The van der Waals surface area contributed by atoms with Crippen LogP contribution in [0.1, 0.15) is 31.9 Å². The lowest BCUT2D eigenvalue weighted by atomic mass is 10.1. The van der Waals surface area contributed by atoms with Gasteiger partial charge in [0.15, 0.2) is 0 Å². The van der Waals surface area contributed by atoms with E-state index < -0.39 is 11.7 Å². The van der Waals surface area contributed by atoms with Crippen LogP contribution in [0.5, 0.6) is 0 Å². The summed E-state index contributed by atoms with van der Waals surface area (Å²) in [6, 6.07) is 8.02. The first kappa shape index (κ1) is 18.9. The third kappa shape index (κ3) is 4.67. The highest BCUT2D eigenvalue weighted by atomic mass is 16.6. The fourth-order valence-corrected chi connectivity index (χ4v) is 3.09. The van der Waals surface area contributed by atoms with Crippen molar-refractivity contribution >= 4 is 28.7 Å². The first-order valence-corrected chi connectivity index (χ1v) is 9.11. The van der Waals surface area contributed by atoms with E-state index >= 15 is 0 Å². The highest BCUT2D eigenvalue weighted by Gasteiger charge is 2.22. The van der Waals surface area contributed by atoms with Crippen LogP contribution in [0, 0.1) is 6.92 Å². The highest BCUT2D eigenvalue weighted by Crippen LogP contribution is 2.26. The van der Waals surface area contributed by atoms with Crippen LogP contribution in [0.4, 0.5) is 10.6 Å². The minimum atomic E-state index is -0.559. The fourth-order valence-electron chi connectivity index (χ4n) is 3.09. The summed E-state index contributed by atoms with van der Waals surface area (Å²) in [6.07, 6.45) is -0.478. The van der Waals surface area contributed by atoms with E-state index in [2.05, 4.69) is 10.6 Å². The number of carbonyl (C=O) groups is 2. The summed E-state index contributed by atoms with van der Waals surface area (Å²) in [7, 11) is 0. The first-order chi connectivity index (χ1) is 12.7. The predicted molar refractivity (Wildman–Crippen MR) is 105 cm³/mol. The van der Waals surface area contributed by atoms with Crippen molar-refractivity contribution in [2.24, 2.45) is 0 Å². The number of benzene rings is 1. The Morgan fingerprint density at radius 2 is 2.15 bits per heavy atom. The smallest absolute Gasteiger partial charge is 0.407 e. The summed E-state index contributed by atoms with van der Waals surface area (Å²) in [5.74, 6) is 0.696. The molecule has 0 atom stereocenters. The lowest BCUT2D eigenvalue weighted by molar-refractivity contribution is -0.120. The number of alkyl carbamates (subject to hydrolysis) is 1. The lowest BCUT2D eigenvalue weighted by Crippen LogP contribution is -2.48. The Balaban J connectivity index is 1.92. The van der Waals surface area contributed by atoms with Gasteiger partial charge in [0.1, 0.15) is 11.4 Å². The molecule has 7 heteroatoms. The van der Waals surface area contributed by atoms with Crippen molar-refractivity contribution in [3.8, 4) is 0 Å². The Labute approximate surface area is 159 Å². The number of piperazine rings is 1. The summed E-state index contributed by atoms with van der Waals surface area (Å²) < 4.78 is 5.32. The molecule has 7 nitrogen and oxygen atoms in total. The van der Waals surface area contributed by atoms with Crippen LogP contribution in [-0.2, 0) is 16.1 Å². The maximum atomic E-state index is 12.1. The van der Waals surface area contributed by atoms with E-state index in [1.165, 1.54) is 0 Å². The van der Waals surface area contributed by atoms with Gasteiger partial charge in [-0.25, -0.2) is 9.78 Å². The maximum Gasteiger partial charge on any atom is 0.407 e. The molecule has 2 heterocycles. The van der Waals surface area contributed by atoms with Crippen LogP contribution >= 0.6 is 0 Å². The van der Waals surface area contributed by atoms with E-state index in [0.29, 0.717) is 13.1 Å². The number of rotatable bonds is 3. The van der Waals surface area contributed by atoms with Crippen molar-refractivity contribution in [2.45, 2.75) is 39.8 Å². The average molecular weight is 370 g/mol. The lowest BCUT2D eigenvalue weighted by Gasteiger charge is -2.30. The van der Waals surface area contributed by atoms with Crippen molar-refractivity contribution in [1.82, 2.24) is 15.6 Å². The molecule has 144 valence electrons. The molecule has 3 rings (SSSR count). The molecule has 1 aromatic carbocycles. The number of aromatic nitrogens is 1. The van der Waals surface area contributed by atoms with Crippen molar-refractivity contribution in [1.29, 1.82) is 0 Å². The monoisotopic (exact) mass is 370 g/mol. The number of ether oxygens (including phenoxy) is 1. The molecular weight excluding hydrogens is 344 g/mol. The molecule has 0 spiro atoms. The summed E-state index contributed by atoms with van der Waals surface area (Å²) in [6.45, 7) is 9.27. The number of aryl methyl sites for hydroxylation is 1. The number of hydrogen-bond acceptors (Lipinski definition) is 5. The molecule has 2 N–H and O–H groups in total. The second-order valence-electron chi connectivity index (χ2n) is 7.74. The normalized spacial score (nSPS) is 14.8.